The molecular formula is C22H18. The Hall–Kier alpha value is -2.34. The Morgan fingerprint density at radius 1 is 0.682 bits per heavy atom. The Morgan fingerprint density at radius 2 is 1.41 bits per heavy atom. The first-order chi connectivity index (χ1) is 10.9. The van der Waals surface area contributed by atoms with Gasteiger partial charge in [-0.05, 0) is 64.3 Å². The van der Waals surface area contributed by atoms with Crippen molar-refractivity contribution in [2.24, 2.45) is 0 Å². The maximum Gasteiger partial charge on any atom is 0.00924 e. The molecule has 0 saturated carbocycles. The highest BCUT2D eigenvalue weighted by atomic mass is 14.3. The molecule has 0 heterocycles. The van der Waals surface area contributed by atoms with Crippen molar-refractivity contribution in [1.29, 1.82) is 0 Å². The molecule has 0 saturated heterocycles. The zero-order chi connectivity index (χ0) is 14.5. The monoisotopic (exact) mass is 282 g/mol. The Morgan fingerprint density at radius 3 is 2.32 bits per heavy atom. The van der Waals surface area contributed by atoms with Gasteiger partial charge in [0.15, 0.2) is 0 Å². The molecule has 2 aliphatic carbocycles. The molecular weight excluding hydrogens is 264 g/mol. The maximum atomic E-state index is 2.43. The Balaban J connectivity index is 1.60. The molecule has 106 valence electrons. The molecule has 0 nitrogen and oxygen atoms in total. The predicted octanol–water partition coefficient (Wildman–Crippen LogP) is 5.80. The van der Waals surface area contributed by atoms with E-state index in [9.17, 15) is 0 Å². The van der Waals surface area contributed by atoms with E-state index in [0.717, 1.165) is 0 Å². The van der Waals surface area contributed by atoms with Gasteiger partial charge in [-0.2, -0.15) is 0 Å². The molecule has 2 aliphatic rings. The maximum absolute atomic E-state index is 2.43. The lowest BCUT2D eigenvalue weighted by atomic mass is 9.75. The van der Waals surface area contributed by atoms with Crippen LogP contribution in [0.5, 0.6) is 0 Å². The van der Waals surface area contributed by atoms with Gasteiger partial charge in [0, 0.05) is 5.92 Å². The van der Waals surface area contributed by atoms with Crippen LogP contribution in [0.4, 0.5) is 0 Å². The third-order valence-electron chi connectivity index (χ3n) is 5.32. The summed E-state index contributed by atoms with van der Waals surface area (Å²) in [6, 6.07) is 24.9. The van der Waals surface area contributed by atoms with Crippen molar-refractivity contribution in [2.75, 3.05) is 0 Å². The van der Waals surface area contributed by atoms with Crippen molar-refractivity contribution in [2.45, 2.75) is 25.2 Å². The Kier molecular flexibility index (Phi) is 2.54. The first-order valence-electron chi connectivity index (χ1n) is 8.23. The van der Waals surface area contributed by atoms with E-state index in [1.807, 2.05) is 0 Å². The van der Waals surface area contributed by atoms with Crippen LogP contribution in [0.3, 0.4) is 0 Å². The van der Waals surface area contributed by atoms with Crippen LogP contribution >= 0.6 is 0 Å². The van der Waals surface area contributed by atoms with Gasteiger partial charge in [-0.1, -0.05) is 60.7 Å². The fourth-order valence-electron chi connectivity index (χ4n) is 4.23. The van der Waals surface area contributed by atoms with Crippen molar-refractivity contribution in [3.63, 3.8) is 0 Å². The standard InChI is InChI=1S/C22H18/c1-2-8-17-15(6-1)7-5-11-18(17)16-12-13-21-19-9-3-4-10-20(19)22(21)14-16/h1-4,6,8-10,12-14,18H,5,7,11H2. The van der Waals surface area contributed by atoms with E-state index < -0.39 is 0 Å². The summed E-state index contributed by atoms with van der Waals surface area (Å²) < 4.78 is 0. The summed E-state index contributed by atoms with van der Waals surface area (Å²) in [5.41, 5.74) is 10.3. The first kappa shape index (κ1) is 12.2. The van der Waals surface area contributed by atoms with Crippen molar-refractivity contribution in [3.05, 3.63) is 83.4 Å². The highest BCUT2D eigenvalue weighted by Gasteiger charge is 2.26. The third-order valence-corrected chi connectivity index (χ3v) is 5.32. The van der Waals surface area contributed by atoms with Crippen molar-refractivity contribution >= 4 is 0 Å². The van der Waals surface area contributed by atoms with E-state index in [1.54, 1.807) is 11.1 Å². The van der Waals surface area contributed by atoms with Crippen LogP contribution in [0.25, 0.3) is 22.3 Å². The highest BCUT2D eigenvalue weighted by Crippen LogP contribution is 2.48. The average molecular weight is 282 g/mol. The van der Waals surface area contributed by atoms with Gasteiger partial charge in [-0.3, -0.25) is 0 Å². The number of benzene rings is 3. The van der Waals surface area contributed by atoms with E-state index in [1.165, 1.54) is 47.1 Å². The van der Waals surface area contributed by atoms with Crippen LogP contribution < -0.4 is 0 Å². The molecule has 5 rings (SSSR count). The van der Waals surface area contributed by atoms with Crippen LogP contribution in [0, 0.1) is 0 Å². The summed E-state index contributed by atoms with van der Waals surface area (Å²) in [7, 11) is 0. The first-order valence-corrected chi connectivity index (χ1v) is 8.23. The number of rotatable bonds is 1. The Labute approximate surface area is 131 Å². The topological polar surface area (TPSA) is 0 Å². The summed E-state index contributed by atoms with van der Waals surface area (Å²) >= 11 is 0. The molecule has 0 aliphatic heterocycles. The van der Waals surface area contributed by atoms with Gasteiger partial charge in [-0.15, -0.1) is 0 Å². The fourth-order valence-corrected chi connectivity index (χ4v) is 4.23. The smallest absolute Gasteiger partial charge is 0.00924 e. The lowest BCUT2D eigenvalue weighted by molar-refractivity contribution is 0.616. The van der Waals surface area contributed by atoms with E-state index in [0.29, 0.717) is 5.92 Å². The lowest BCUT2D eigenvalue weighted by Crippen LogP contribution is -2.11. The van der Waals surface area contributed by atoms with E-state index in [4.69, 9.17) is 0 Å². The second-order valence-electron chi connectivity index (χ2n) is 6.49. The molecule has 3 aromatic carbocycles. The van der Waals surface area contributed by atoms with Crippen LogP contribution in [-0.2, 0) is 6.42 Å². The minimum absolute atomic E-state index is 0.572. The van der Waals surface area contributed by atoms with Crippen molar-refractivity contribution < 1.29 is 0 Å². The molecule has 0 aromatic heterocycles. The number of hydrogen-bond donors (Lipinski definition) is 0. The SMILES string of the molecule is c1ccc2c(c1)CCCC2c1ccc2c(c1)-c1ccccc1-2. The van der Waals surface area contributed by atoms with E-state index in [-0.39, 0.29) is 0 Å². The number of aryl methyl sites for hydroxylation is 1. The summed E-state index contributed by atoms with van der Waals surface area (Å²) in [6.07, 6.45) is 3.81. The lowest BCUT2D eigenvalue weighted by Gasteiger charge is -2.29. The zero-order valence-electron chi connectivity index (χ0n) is 12.5. The molecule has 0 N–H and O–H groups in total. The molecule has 0 bridgehead atoms. The summed E-state index contributed by atoms with van der Waals surface area (Å²) in [5.74, 6) is 0.572. The van der Waals surface area contributed by atoms with Crippen molar-refractivity contribution in [3.8, 4) is 22.3 Å². The molecule has 22 heavy (non-hydrogen) atoms. The second kappa shape index (κ2) is 4.58. The molecule has 0 radical (unpaired) electrons. The van der Waals surface area contributed by atoms with Gasteiger partial charge < -0.3 is 0 Å². The van der Waals surface area contributed by atoms with E-state index in [2.05, 4.69) is 66.7 Å². The molecule has 0 amide bonds. The van der Waals surface area contributed by atoms with Crippen molar-refractivity contribution in [1.82, 2.24) is 0 Å². The quantitative estimate of drug-likeness (QED) is 0.414. The molecule has 0 spiro atoms. The second-order valence-corrected chi connectivity index (χ2v) is 6.49. The largest absolute Gasteiger partial charge is 0.0620 e. The van der Waals surface area contributed by atoms with Gasteiger partial charge in [0.05, 0.1) is 0 Å². The Bertz CT molecular complexity index is 873. The molecule has 3 aromatic rings. The van der Waals surface area contributed by atoms with Gasteiger partial charge in [0.25, 0.3) is 0 Å². The van der Waals surface area contributed by atoms with E-state index >= 15 is 0 Å². The summed E-state index contributed by atoms with van der Waals surface area (Å²) in [6.45, 7) is 0. The zero-order valence-corrected chi connectivity index (χ0v) is 12.5. The van der Waals surface area contributed by atoms with Crippen LogP contribution in [0.15, 0.2) is 66.7 Å². The molecule has 0 heteroatoms. The van der Waals surface area contributed by atoms with Crippen LogP contribution in [0.1, 0.15) is 35.4 Å². The van der Waals surface area contributed by atoms with Gasteiger partial charge >= 0.3 is 0 Å². The predicted molar refractivity (Wildman–Crippen MR) is 92.1 cm³/mol. The average Bonchev–Trinajstić information content (AvgIpc) is 2.59. The fraction of sp³-hybridized carbons (Fsp3) is 0.182. The summed E-state index contributed by atoms with van der Waals surface area (Å²) in [5, 5.41) is 0. The third kappa shape index (κ3) is 1.64. The van der Waals surface area contributed by atoms with Gasteiger partial charge in [-0.25, -0.2) is 0 Å². The minimum Gasteiger partial charge on any atom is -0.0620 e. The molecule has 1 unspecified atom stereocenters. The van der Waals surface area contributed by atoms with Crippen LogP contribution in [0.2, 0.25) is 0 Å². The molecule has 1 atom stereocenters. The normalized spacial score (nSPS) is 17.9. The minimum atomic E-state index is 0.572. The highest BCUT2D eigenvalue weighted by molar-refractivity contribution is 6.02. The summed E-state index contributed by atoms with van der Waals surface area (Å²) in [4.78, 5) is 0. The number of hydrogen-bond acceptors (Lipinski definition) is 0. The van der Waals surface area contributed by atoms with Crippen LogP contribution in [-0.4, -0.2) is 0 Å². The molecule has 0 fully saturated rings. The van der Waals surface area contributed by atoms with Gasteiger partial charge in [0.2, 0.25) is 0 Å². The van der Waals surface area contributed by atoms with Gasteiger partial charge in [0.1, 0.15) is 0 Å². The number of fused-ring (bicyclic) bond motifs is 5.